The van der Waals surface area contributed by atoms with Crippen molar-refractivity contribution in [3.8, 4) is 0 Å². The molecule has 0 rings (SSSR count). The Morgan fingerprint density at radius 2 is 1.19 bits per heavy atom. The Morgan fingerprint density at radius 3 is 1.81 bits per heavy atom. The molecule has 0 spiro atoms. The zero-order valence-corrected chi connectivity index (χ0v) is 17.4. The molecule has 0 amide bonds. The predicted molar refractivity (Wildman–Crippen MR) is 111 cm³/mol. The molecule has 0 heterocycles. The van der Waals surface area contributed by atoms with Crippen molar-refractivity contribution in [1.29, 1.82) is 0 Å². The molecule has 0 fully saturated rings. The third-order valence-corrected chi connectivity index (χ3v) is 4.68. The maximum Gasteiger partial charge on any atom is 0.188 e. The highest BCUT2D eigenvalue weighted by Crippen LogP contribution is 2.11. The Kier molecular flexibility index (Phi) is 23.4. The van der Waals surface area contributed by atoms with Crippen molar-refractivity contribution in [3.05, 3.63) is 12.3 Å². The normalized spacial score (nSPS) is 11.3. The van der Waals surface area contributed by atoms with Gasteiger partial charge in [-0.05, 0) is 31.8 Å². The standard InChI is InChI=1S/C23H44O3/c1-2-3-4-5-15-18-21-25-23-26-22-19-16-13-11-9-7-6-8-10-12-14-17-20-24/h19-20,22H,2-18,21,23H2,1H3. The average Bonchev–Trinajstić information content (AvgIpc) is 2.66. The highest BCUT2D eigenvalue weighted by molar-refractivity contribution is 5.48. The van der Waals surface area contributed by atoms with Gasteiger partial charge in [0.1, 0.15) is 6.29 Å². The van der Waals surface area contributed by atoms with Crippen LogP contribution >= 0.6 is 0 Å². The van der Waals surface area contributed by atoms with Gasteiger partial charge >= 0.3 is 0 Å². The van der Waals surface area contributed by atoms with Crippen molar-refractivity contribution in [2.45, 2.75) is 116 Å². The van der Waals surface area contributed by atoms with Gasteiger partial charge in [0.2, 0.25) is 0 Å². The Hall–Kier alpha value is -0.830. The molecule has 0 aromatic heterocycles. The summed E-state index contributed by atoms with van der Waals surface area (Å²) in [6, 6.07) is 0. The lowest BCUT2D eigenvalue weighted by molar-refractivity contribution is -0.107. The maximum atomic E-state index is 10.2. The summed E-state index contributed by atoms with van der Waals surface area (Å²) in [5, 5.41) is 0. The van der Waals surface area contributed by atoms with E-state index in [4.69, 9.17) is 9.47 Å². The van der Waals surface area contributed by atoms with Crippen molar-refractivity contribution < 1.29 is 14.3 Å². The fourth-order valence-corrected chi connectivity index (χ4v) is 2.99. The van der Waals surface area contributed by atoms with Gasteiger partial charge in [-0.1, -0.05) is 84.0 Å². The smallest absolute Gasteiger partial charge is 0.188 e. The van der Waals surface area contributed by atoms with Crippen LogP contribution in [0.4, 0.5) is 0 Å². The van der Waals surface area contributed by atoms with Crippen LogP contribution in [0.25, 0.3) is 0 Å². The summed E-state index contributed by atoms with van der Waals surface area (Å²) in [6.07, 6.45) is 26.0. The number of carbonyl (C=O) groups excluding carboxylic acids is 1. The van der Waals surface area contributed by atoms with Crippen LogP contribution in [0.2, 0.25) is 0 Å². The summed E-state index contributed by atoms with van der Waals surface area (Å²) in [5.74, 6) is 0. The van der Waals surface area contributed by atoms with Crippen molar-refractivity contribution in [2.75, 3.05) is 13.4 Å². The summed E-state index contributed by atoms with van der Waals surface area (Å²) in [7, 11) is 0. The quantitative estimate of drug-likeness (QED) is 0.0867. The molecule has 0 saturated heterocycles. The van der Waals surface area contributed by atoms with E-state index in [1.165, 1.54) is 83.5 Å². The molecular formula is C23H44O3. The number of carbonyl (C=O) groups is 1. The minimum Gasteiger partial charge on any atom is -0.475 e. The number of hydrogen-bond donors (Lipinski definition) is 0. The van der Waals surface area contributed by atoms with Gasteiger partial charge in [-0.15, -0.1) is 0 Å². The molecule has 0 aliphatic carbocycles. The molecule has 3 heteroatoms. The second-order valence-corrected chi connectivity index (χ2v) is 7.26. The Balaban J connectivity index is 3.05. The molecule has 26 heavy (non-hydrogen) atoms. The minimum absolute atomic E-state index is 0.387. The van der Waals surface area contributed by atoms with E-state index in [1.807, 2.05) is 0 Å². The van der Waals surface area contributed by atoms with E-state index >= 15 is 0 Å². The van der Waals surface area contributed by atoms with Gasteiger partial charge in [-0.3, -0.25) is 0 Å². The third-order valence-electron chi connectivity index (χ3n) is 4.68. The largest absolute Gasteiger partial charge is 0.475 e. The van der Waals surface area contributed by atoms with Gasteiger partial charge in [0, 0.05) is 6.42 Å². The van der Waals surface area contributed by atoms with E-state index in [-0.39, 0.29) is 0 Å². The van der Waals surface area contributed by atoms with Crippen molar-refractivity contribution in [3.63, 3.8) is 0 Å². The van der Waals surface area contributed by atoms with Crippen LogP contribution < -0.4 is 0 Å². The molecule has 0 atom stereocenters. The predicted octanol–water partition coefficient (Wildman–Crippen LogP) is 7.34. The van der Waals surface area contributed by atoms with Crippen molar-refractivity contribution >= 4 is 6.29 Å². The first-order valence-corrected chi connectivity index (χ1v) is 11.2. The number of rotatable bonds is 22. The molecule has 0 radical (unpaired) electrons. The number of hydrogen-bond acceptors (Lipinski definition) is 3. The van der Waals surface area contributed by atoms with E-state index in [0.717, 1.165) is 38.6 Å². The topological polar surface area (TPSA) is 35.5 Å². The molecule has 0 aromatic carbocycles. The van der Waals surface area contributed by atoms with E-state index in [0.29, 0.717) is 6.79 Å². The average molecular weight is 369 g/mol. The summed E-state index contributed by atoms with van der Waals surface area (Å²) in [5.41, 5.74) is 0. The molecule has 0 aliphatic rings. The minimum atomic E-state index is 0.387. The summed E-state index contributed by atoms with van der Waals surface area (Å²) in [4.78, 5) is 10.2. The van der Waals surface area contributed by atoms with E-state index in [1.54, 1.807) is 6.26 Å². The zero-order valence-electron chi connectivity index (χ0n) is 17.4. The highest BCUT2D eigenvalue weighted by atomic mass is 16.7. The number of allylic oxidation sites excluding steroid dienone is 1. The SMILES string of the molecule is CCCCCCCCOCOC=CCCCCCCCCCCCC=O. The van der Waals surface area contributed by atoms with Crippen LogP contribution in [0.1, 0.15) is 116 Å². The Bertz CT molecular complexity index is 289. The van der Waals surface area contributed by atoms with Gasteiger partial charge in [0.25, 0.3) is 0 Å². The summed E-state index contributed by atoms with van der Waals surface area (Å²) < 4.78 is 10.8. The zero-order chi connectivity index (χ0) is 19.0. The van der Waals surface area contributed by atoms with Crippen LogP contribution in [0, 0.1) is 0 Å². The van der Waals surface area contributed by atoms with Gasteiger partial charge < -0.3 is 14.3 Å². The van der Waals surface area contributed by atoms with E-state index < -0.39 is 0 Å². The molecule has 0 saturated carbocycles. The van der Waals surface area contributed by atoms with Crippen LogP contribution in [0.5, 0.6) is 0 Å². The Labute approximate surface area is 162 Å². The van der Waals surface area contributed by atoms with Gasteiger partial charge in [-0.2, -0.15) is 0 Å². The van der Waals surface area contributed by atoms with Crippen molar-refractivity contribution in [1.82, 2.24) is 0 Å². The monoisotopic (exact) mass is 368 g/mol. The highest BCUT2D eigenvalue weighted by Gasteiger charge is 1.93. The fourth-order valence-electron chi connectivity index (χ4n) is 2.99. The molecule has 0 N–H and O–H groups in total. The van der Waals surface area contributed by atoms with Gasteiger partial charge in [-0.25, -0.2) is 0 Å². The molecule has 3 nitrogen and oxygen atoms in total. The second kappa shape index (κ2) is 24.2. The molecule has 0 aliphatic heterocycles. The van der Waals surface area contributed by atoms with E-state index in [2.05, 4.69) is 13.0 Å². The lowest BCUT2D eigenvalue weighted by atomic mass is 10.1. The van der Waals surface area contributed by atoms with Gasteiger partial charge in [0.05, 0.1) is 12.9 Å². The molecular weight excluding hydrogens is 324 g/mol. The third kappa shape index (κ3) is 23.2. The van der Waals surface area contributed by atoms with Crippen LogP contribution in [0.3, 0.4) is 0 Å². The first-order chi connectivity index (χ1) is 12.9. The van der Waals surface area contributed by atoms with Crippen molar-refractivity contribution in [2.24, 2.45) is 0 Å². The maximum absolute atomic E-state index is 10.2. The fraction of sp³-hybridized carbons (Fsp3) is 0.870. The van der Waals surface area contributed by atoms with Gasteiger partial charge in [0.15, 0.2) is 6.79 Å². The molecule has 0 bridgehead atoms. The molecule has 0 aromatic rings. The van der Waals surface area contributed by atoms with Crippen LogP contribution in [-0.2, 0) is 14.3 Å². The number of aldehydes is 1. The first kappa shape index (κ1) is 25.2. The van der Waals surface area contributed by atoms with Crippen LogP contribution in [-0.4, -0.2) is 19.7 Å². The lowest BCUT2D eigenvalue weighted by Crippen LogP contribution is -1.98. The summed E-state index contributed by atoms with van der Waals surface area (Å²) >= 11 is 0. The van der Waals surface area contributed by atoms with E-state index in [9.17, 15) is 4.79 Å². The van der Waals surface area contributed by atoms with Crippen LogP contribution in [0.15, 0.2) is 12.3 Å². The number of unbranched alkanes of at least 4 members (excludes halogenated alkanes) is 15. The lowest BCUT2D eigenvalue weighted by Gasteiger charge is -2.04. The molecule has 154 valence electrons. The number of ether oxygens (including phenoxy) is 2. The first-order valence-electron chi connectivity index (χ1n) is 11.2. The summed E-state index contributed by atoms with van der Waals surface area (Å²) in [6.45, 7) is 3.45. The second-order valence-electron chi connectivity index (χ2n) is 7.26. The molecule has 0 unspecified atom stereocenters. The Morgan fingerprint density at radius 1 is 0.654 bits per heavy atom.